The Labute approximate surface area is 172 Å². The molecule has 2 aliphatic carbocycles. The highest BCUT2D eigenvalue weighted by atomic mass is 32.2. The van der Waals surface area contributed by atoms with Crippen LogP contribution in [0.15, 0.2) is 53.4 Å². The second kappa shape index (κ2) is 7.69. The average Bonchev–Trinajstić information content (AvgIpc) is 3.28. The number of nitrogens with two attached hydrogens (primary N) is 1. The molecule has 1 spiro atoms. The number of allylic oxidation sites excluding steroid dienone is 2. The summed E-state index contributed by atoms with van der Waals surface area (Å²) >= 11 is 1.77. The molecule has 0 amide bonds. The van der Waals surface area contributed by atoms with Crippen LogP contribution in [0.3, 0.4) is 0 Å². The molecule has 0 bridgehead atoms. The van der Waals surface area contributed by atoms with Crippen molar-refractivity contribution >= 4 is 32.9 Å². The minimum atomic E-state index is -3.50. The van der Waals surface area contributed by atoms with E-state index in [0.29, 0.717) is 5.41 Å². The Balaban J connectivity index is 1.70. The number of sulfonamides is 1. The summed E-state index contributed by atoms with van der Waals surface area (Å²) < 4.78 is 22.7. The fourth-order valence-electron chi connectivity index (χ4n) is 4.88. The molecule has 0 aromatic heterocycles. The molecular formula is C23H27NO2S2. The summed E-state index contributed by atoms with van der Waals surface area (Å²) in [6.45, 7) is 0. The van der Waals surface area contributed by atoms with Gasteiger partial charge in [0.15, 0.2) is 0 Å². The molecule has 5 heteroatoms. The molecule has 1 fully saturated rings. The first-order valence-electron chi connectivity index (χ1n) is 9.84. The van der Waals surface area contributed by atoms with Gasteiger partial charge < -0.3 is 0 Å². The Morgan fingerprint density at radius 1 is 0.893 bits per heavy atom. The Hall–Kier alpha value is -1.56. The molecule has 1 saturated carbocycles. The van der Waals surface area contributed by atoms with Gasteiger partial charge in [-0.15, -0.1) is 11.8 Å². The van der Waals surface area contributed by atoms with Crippen molar-refractivity contribution in [2.45, 2.75) is 49.2 Å². The van der Waals surface area contributed by atoms with Gasteiger partial charge in [0.2, 0.25) is 10.0 Å². The van der Waals surface area contributed by atoms with Gasteiger partial charge in [-0.05, 0) is 77.3 Å². The van der Waals surface area contributed by atoms with Crippen molar-refractivity contribution in [3.8, 4) is 0 Å². The summed E-state index contributed by atoms with van der Waals surface area (Å²) in [5, 5.41) is 5.19. The van der Waals surface area contributed by atoms with Crippen molar-refractivity contribution < 1.29 is 8.42 Å². The second-order valence-electron chi connectivity index (χ2n) is 8.25. The quantitative estimate of drug-likeness (QED) is 0.662. The number of hydrogen-bond acceptors (Lipinski definition) is 3. The third-order valence-corrected chi connectivity index (χ3v) is 7.72. The van der Waals surface area contributed by atoms with Crippen LogP contribution in [0, 0.1) is 5.41 Å². The van der Waals surface area contributed by atoms with Gasteiger partial charge in [-0.25, -0.2) is 13.6 Å². The molecule has 28 heavy (non-hydrogen) atoms. The maximum absolute atomic E-state index is 11.4. The first-order chi connectivity index (χ1) is 13.4. The van der Waals surface area contributed by atoms with E-state index in [1.165, 1.54) is 52.9 Å². The van der Waals surface area contributed by atoms with Crippen LogP contribution in [-0.4, -0.2) is 14.7 Å². The van der Waals surface area contributed by atoms with Crippen LogP contribution >= 0.6 is 11.8 Å². The van der Waals surface area contributed by atoms with E-state index in [0.717, 1.165) is 18.4 Å². The van der Waals surface area contributed by atoms with Gasteiger partial charge in [-0.3, -0.25) is 0 Å². The molecule has 4 rings (SSSR count). The van der Waals surface area contributed by atoms with Crippen LogP contribution in [0.1, 0.15) is 55.2 Å². The van der Waals surface area contributed by atoms with Gasteiger partial charge in [0, 0.05) is 4.90 Å². The molecule has 0 atom stereocenters. The highest BCUT2D eigenvalue weighted by Gasteiger charge is 2.41. The summed E-state index contributed by atoms with van der Waals surface area (Å²) in [6.07, 6.45) is 9.67. The van der Waals surface area contributed by atoms with E-state index < -0.39 is 10.0 Å². The number of benzene rings is 2. The summed E-state index contributed by atoms with van der Waals surface area (Å²) in [6, 6.07) is 16.9. The fraction of sp³-hybridized carbons (Fsp3) is 0.391. The van der Waals surface area contributed by atoms with E-state index in [1.54, 1.807) is 11.8 Å². The standard InChI is InChI=1S/C23H27NO2S2/c1-27-20-10-8-19(9-11-20)22-15-23(12-2-3-13-23)14-21(22)18-6-4-17(5-7-18)16-28(24,25)26/h4-11H,2-3,12-16H2,1H3,(H2,24,25,26). The Morgan fingerprint density at radius 2 is 1.39 bits per heavy atom. The van der Waals surface area contributed by atoms with Crippen LogP contribution in [0.25, 0.3) is 11.1 Å². The number of hydrogen-bond donors (Lipinski definition) is 1. The molecule has 2 N–H and O–H groups in total. The first-order valence-corrected chi connectivity index (χ1v) is 12.8. The second-order valence-corrected chi connectivity index (χ2v) is 10.7. The first kappa shape index (κ1) is 19.7. The van der Waals surface area contributed by atoms with E-state index >= 15 is 0 Å². The number of thioether (sulfide) groups is 1. The average molecular weight is 414 g/mol. The fourth-order valence-corrected chi connectivity index (χ4v) is 5.95. The van der Waals surface area contributed by atoms with Crippen LogP contribution in [-0.2, 0) is 15.8 Å². The lowest BCUT2D eigenvalue weighted by molar-refractivity contribution is 0.330. The van der Waals surface area contributed by atoms with Crippen molar-refractivity contribution in [2.24, 2.45) is 10.6 Å². The molecule has 2 aromatic carbocycles. The zero-order valence-electron chi connectivity index (χ0n) is 16.3. The highest BCUT2D eigenvalue weighted by molar-refractivity contribution is 7.98. The maximum Gasteiger partial charge on any atom is 0.213 e. The molecule has 2 aliphatic rings. The van der Waals surface area contributed by atoms with Crippen molar-refractivity contribution in [1.29, 1.82) is 0 Å². The Morgan fingerprint density at radius 3 is 1.86 bits per heavy atom. The summed E-state index contributed by atoms with van der Waals surface area (Å²) in [5.74, 6) is -0.112. The predicted molar refractivity (Wildman–Crippen MR) is 118 cm³/mol. The maximum atomic E-state index is 11.4. The van der Waals surface area contributed by atoms with Crippen LogP contribution in [0.2, 0.25) is 0 Å². The number of rotatable bonds is 5. The van der Waals surface area contributed by atoms with Gasteiger partial charge in [-0.1, -0.05) is 49.2 Å². The van der Waals surface area contributed by atoms with Crippen molar-refractivity contribution in [3.63, 3.8) is 0 Å². The topological polar surface area (TPSA) is 60.2 Å². The van der Waals surface area contributed by atoms with Gasteiger partial charge >= 0.3 is 0 Å². The Bertz CT molecular complexity index is 984. The van der Waals surface area contributed by atoms with E-state index in [2.05, 4.69) is 42.7 Å². The monoisotopic (exact) mass is 413 g/mol. The molecule has 0 unspecified atom stereocenters. The summed E-state index contributed by atoms with van der Waals surface area (Å²) in [7, 11) is -3.50. The lowest BCUT2D eigenvalue weighted by Crippen LogP contribution is -2.14. The molecular weight excluding hydrogens is 386 g/mol. The normalized spacial score (nSPS) is 18.9. The molecule has 0 radical (unpaired) electrons. The van der Waals surface area contributed by atoms with Crippen LogP contribution in [0.5, 0.6) is 0 Å². The highest BCUT2D eigenvalue weighted by Crippen LogP contribution is 2.57. The van der Waals surface area contributed by atoms with Gasteiger partial charge in [0.1, 0.15) is 0 Å². The van der Waals surface area contributed by atoms with Crippen LogP contribution in [0.4, 0.5) is 0 Å². The van der Waals surface area contributed by atoms with Gasteiger partial charge in [0.25, 0.3) is 0 Å². The SMILES string of the molecule is CSc1ccc(C2=C(c3ccc(CS(N)(=O)=O)cc3)CC3(CCCC3)C2)cc1. The summed E-state index contributed by atoms with van der Waals surface area (Å²) in [5.41, 5.74) is 6.60. The Kier molecular flexibility index (Phi) is 5.43. The molecule has 0 aliphatic heterocycles. The molecule has 0 heterocycles. The van der Waals surface area contributed by atoms with Crippen molar-refractivity contribution in [3.05, 3.63) is 65.2 Å². The third-order valence-electron chi connectivity index (χ3n) is 6.24. The summed E-state index contributed by atoms with van der Waals surface area (Å²) in [4.78, 5) is 1.28. The molecule has 3 nitrogen and oxygen atoms in total. The smallest absolute Gasteiger partial charge is 0.213 e. The van der Waals surface area contributed by atoms with E-state index in [-0.39, 0.29) is 5.75 Å². The lowest BCUT2D eigenvalue weighted by Gasteiger charge is -2.23. The van der Waals surface area contributed by atoms with Crippen LogP contribution < -0.4 is 5.14 Å². The lowest BCUT2D eigenvalue weighted by atomic mass is 9.81. The van der Waals surface area contributed by atoms with Gasteiger partial charge in [0.05, 0.1) is 5.75 Å². The van der Waals surface area contributed by atoms with E-state index in [9.17, 15) is 8.42 Å². The minimum absolute atomic E-state index is 0.112. The molecule has 2 aromatic rings. The largest absolute Gasteiger partial charge is 0.228 e. The van der Waals surface area contributed by atoms with Crippen molar-refractivity contribution in [2.75, 3.05) is 6.26 Å². The predicted octanol–water partition coefficient (Wildman–Crippen LogP) is 5.46. The minimum Gasteiger partial charge on any atom is -0.228 e. The van der Waals surface area contributed by atoms with Crippen molar-refractivity contribution in [1.82, 2.24) is 0 Å². The number of primary sulfonamides is 1. The molecule has 148 valence electrons. The third kappa shape index (κ3) is 4.22. The van der Waals surface area contributed by atoms with E-state index in [4.69, 9.17) is 5.14 Å². The zero-order chi connectivity index (χ0) is 19.8. The zero-order valence-corrected chi connectivity index (χ0v) is 17.9. The van der Waals surface area contributed by atoms with Gasteiger partial charge in [-0.2, -0.15) is 0 Å². The van der Waals surface area contributed by atoms with E-state index in [1.807, 2.05) is 12.1 Å². The molecule has 0 saturated heterocycles.